The Balaban J connectivity index is 2.43. The van der Waals surface area contributed by atoms with Crippen LogP contribution >= 0.6 is 50.5 Å². The van der Waals surface area contributed by atoms with Gasteiger partial charge in [-0.25, -0.2) is 0 Å². The average molecular weight is 413 g/mol. The molecule has 1 heterocycles. The smallest absolute Gasteiger partial charge is 0.323 e. The molecule has 0 saturated heterocycles. The van der Waals surface area contributed by atoms with E-state index in [2.05, 4.69) is 15.9 Å². The van der Waals surface area contributed by atoms with Crippen LogP contribution in [0.4, 0.5) is 5.69 Å². The summed E-state index contributed by atoms with van der Waals surface area (Å²) in [5, 5.41) is 21.2. The van der Waals surface area contributed by atoms with Crippen molar-refractivity contribution in [2.24, 2.45) is 0 Å². The molecule has 0 aliphatic heterocycles. The van der Waals surface area contributed by atoms with Crippen LogP contribution < -0.4 is 4.74 Å². The van der Waals surface area contributed by atoms with Gasteiger partial charge in [0.1, 0.15) is 5.75 Å². The van der Waals surface area contributed by atoms with Crippen LogP contribution in [-0.4, -0.2) is 10.0 Å². The second-order valence-electron chi connectivity index (χ2n) is 4.05. The molecule has 1 aromatic carbocycles. The van der Waals surface area contributed by atoms with Gasteiger partial charge >= 0.3 is 5.69 Å². The van der Waals surface area contributed by atoms with Gasteiger partial charge in [0.05, 0.1) is 21.1 Å². The zero-order valence-corrected chi connectivity index (χ0v) is 14.4. The maximum atomic E-state index is 11.0. The largest absolute Gasteiger partial charge is 0.438 e. The lowest BCUT2D eigenvalue weighted by atomic mass is 10.3. The molecule has 1 atom stereocenters. The standard InChI is InChI=1S/C12H8BrCl2NO4S/c1-5(17)11-4-9(16(18)19)12(21-11)20-10-3-7(14)6(13)2-8(10)15/h2-5,17H,1H3/t5-/m1/s1. The quantitative estimate of drug-likeness (QED) is 0.404. The van der Waals surface area contributed by atoms with Crippen molar-refractivity contribution in [2.45, 2.75) is 13.0 Å². The second-order valence-corrected chi connectivity index (χ2v) is 6.77. The normalized spacial score (nSPS) is 12.2. The van der Waals surface area contributed by atoms with Gasteiger partial charge in [0, 0.05) is 21.5 Å². The zero-order valence-electron chi connectivity index (χ0n) is 10.5. The Morgan fingerprint density at radius 1 is 1.38 bits per heavy atom. The summed E-state index contributed by atoms with van der Waals surface area (Å²) in [4.78, 5) is 10.9. The van der Waals surface area contributed by atoms with Crippen LogP contribution in [0.15, 0.2) is 22.7 Å². The zero-order chi connectivity index (χ0) is 15.7. The third-order valence-corrected chi connectivity index (χ3v) is 5.15. The molecule has 2 aromatic rings. The minimum absolute atomic E-state index is 0.0381. The molecule has 0 radical (unpaired) electrons. The number of nitrogens with zero attached hydrogens (tertiary/aromatic N) is 1. The van der Waals surface area contributed by atoms with Crippen molar-refractivity contribution < 1.29 is 14.8 Å². The van der Waals surface area contributed by atoms with Gasteiger partial charge < -0.3 is 9.84 Å². The number of halogens is 3. The van der Waals surface area contributed by atoms with E-state index >= 15 is 0 Å². The van der Waals surface area contributed by atoms with Gasteiger partial charge in [0.2, 0.25) is 0 Å². The minimum Gasteiger partial charge on any atom is -0.438 e. The fraction of sp³-hybridized carbons (Fsp3) is 0.167. The predicted molar refractivity (Wildman–Crippen MR) is 85.8 cm³/mol. The molecule has 0 fully saturated rings. The highest BCUT2D eigenvalue weighted by Crippen LogP contribution is 2.44. The first kappa shape index (κ1) is 16.5. The summed E-state index contributed by atoms with van der Waals surface area (Å²) in [5.74, 6) is 0.201. The Bertz CT molecular complexity index is 705. The molecule has 112 valence electrons. The predicted octanol–water partition coefficient (Wildman–Crippen LogP) is 5.57. The summed E-state index contributed by atoms with van der Waals surface area (Å²) in [7, 11) is 0. The molecular formula is C12H8BrCl2NO4S. The van der Waals surface area contributed by atoms with E-state index in [4.69, 9.17) is 27.9 Å². The lowest BCUT2D eigenvalue weighted by Gasteiger charge is -2.07. The molecule has 2 rings (SSSR count). The van der Waals surface area contributed by atoms with E-state index in [9.17, 15) is 15.2 Å². The Morgan fingerprint density at radius 2 is 2.05 bits per heavy atom. The van der Waals surface area contributed by atoms with Crippen LogP contribution in [-0.2, 0) is 0 Å². The van der Waals surface area contributed by atoms with Crippen molar-refractivity contribution in [2.75, 3.05) is 0 Å². The molecule has 0 amide bonds. The summed E-state index contributed by atoms with van der Waals surface area (Å²) in [6, 6.07) is 4.27. The van der Waals surface area contributed by atoms with Crippen molar-refractivity contribution in [1.29, 1.82) is 0 Å². The number of hydrogen-bond donors (Lipinski definition) is 1. The Labute approximate surface area is 142 Å². The maximum absolute atomic E-state index is 11.0. The van der Waals surface area contributed by atoms with Crippen LogP contribution in [0.3, 0.4) is 0 Å². The van der Waals surface area contributed by atoms with Gasteiger partial charge in [-0.3, -0.25) is 10.1 Å². The number of thiophene rings is 1. The van der Waals surface area contributed by atoms with Crippen molar-refractivity contribution in [3.8, 4) is 10.8 Å². The Kier molecular flexibility index (Phi) is 5.11. The Hall–Kier alpha value is -0.860. The summed E-state index contributed by atoms with van der Waals surface area (Å²) < 4.78 is 6.09. The monoisotopic (exact) mass is 411 g/mol. The number of aliphatic hydroxyl groups is 1. The highest BCUT2D eigenvalue weighted by atomic mass is 79.9. The molecule has 21 heavy (non-hydrogen) atoms. The highest BCUT2D eigenvalue weighted by Gasteiger charge is 2.24. The van der Waals surface area contributed by atoms with E-state index in [0.29, 0.717) is 14.4 Å². The van der Waals surface area contributed by atoms with Crippen LogP contribution in [0.2, 0.25) is 10.0 Å². The number of nitro groups is 1. The van der Waals surface area contributed by atoms with Gasteiger partial charge in [0.25, 0.3) is 5.06 Å². The van der Waals surface area contributed by atoms with E-state index in [1.165, 1.54) is 25.1 Å². The SMILES string of the molecule is C[C@@H](O)c1cc([N+](=O)[O-])c(Oc2cc(Cl)c(Br)cc2Cl)s1. The number of ether oxygens (including phenoxy) is 1. The third-order valence-electron chi connectivity index (χ3n) is 2.48. The maximum Gasteiger partial charge on any atom is 0.323 e. The van der Waals surface area contributed by atoms with Gasteiger partial charge in [-0.05, 0) is 28.9 Å². The first-order valence-electron chi connectivity index (χ1n) is 5.58. The lowest BCUT2D eigenvalue weighted by Crippen LogP contribution is -1.90. The topological polar surface area (TPSA) is 72.6 Å². The number of hydrogen-bond acceptors (Lipinski definition) is 5. The van der Waals surface area contributed by atoms with Gasteiger partial charge in [-0.15, -0.1) is 0 Å². The fourth-order valence-corrected chi connectivity index (χ4v) is 3.23. The Morgan fingerprint density at radius 3 is 2.62 bits per heavy atom. The van der Waals surface area contributed by atoms with Gasteiger partial charge in [0.15, 0.2) is 0 Å². The van der Waals surface area contributed by atoms with Gasteiger partial charge in [-0.2, -0.15) is 0 Å². The van der Waals surface area contributed by atoms with Crippen molar-refractivity contribution in [1.82, 2.24) is 0 Å². The molecule has 0 aliphatic rings. The average Bonchev–Trinajstić information content (AvgIpc) is 2.80. The molecular weight excluding hydrogens is 405 g/mol. The molecule has 0 bridgehead atoms. The van der Waals surface area contributed by atoms with Crippen LogP contribution in [0.25, 0.3) is 0 Å². The fourth-order valence-electron chi connectivity index (χ4n) is 1.47. The van der Waals surface area contributed by atoms with Crippen LogP contribution in [0, 0.1) is 10.1 Å². The summed E-state index contributed by atoms with van der Waals surface area (Å²) in [6.45, 7) is 1.52. The van der Waals surface area contributed by atoms with Gasteiger partial charge in [-0.1, -0.05) is 34.5 Å². The summed E-state index contributed by atoms with van der Waals surface area (Å²) >= 11 is 16.2. The molecule has 9 heteroatoms. The van der Waals surface area contributed by atoms with E-state index in [0.717, 1.165) is 11.3 Å². The molecule has 0 spiro atoms. The first-order valence-corrected chi connectivity index (χ1v) is 7.94. The molecule has 1 N–H and O–H groups in total. The van der Waals surface area contributed by atoms with Crippen molar-refractivity contribution in [3.63, 3.8) is 0 Å². The molecule has 5 nitrogen and oxygen atoms in total. The van der Waals surface area contributed by atoms with Crippen LogP contribution in [0.5, 0.6) is 10.8 Å². The molecule has 1 aromatic heterocycles. The second kappa shape index (κ2) is 6.50. The van der Waals surface area contributed by atoms with Crippen LogP contribution in [0.1, 0.15) is 17.9 Å². The summed E-state index contributed by atoms with van der Waals surface area (Å²) in [6.07, 6.45) is -0.824. The minimum atomic E-state index is -0.824. The lowest BCUT2D eigenvalue weighted by molar-refractivity contribution is -0.385. The van der Waals surface area contributed by atoms with Crippen molar-refractivity contribution in [3.05, 3.63) is 47.7 Å². The highest BCUT2D eigenvalue weighted by molar-refractivity contribution is 9.10. The molecule has 0 aliphatic carbocycles. The molecule has 0 saturated carbocycles. The van der Waals surface area contributed by atoms with E-state index in [1.807, 2.05) is 0 Å². The van der Waals surface area contributed by atoms with Crippen molar-refractivity contribution >= 4 is 56.2 Å². The summed E-state index contributed by atoms with van der Waals surface area (Å²) in [5.41, 5.74) is -0.231. The first-order chi connectivity index (χ1) is 9.79. The third kappa shape index (κ3) is 3.67. The number of benzene rings is 1. The number of aliphatic hydroxyl groups excluding tert-OH is 1. The van der Waals surface area contributed by atoms with E-state index < -0.39 is 11.0 Å². The van der Waals surface area contributed by atoms with E-state index in [-0.39, 0.29) is 21.5 Å². The molecule has 0 unspecified atom stereocenters. The number of rotatable bonds is 4. The van der Waals surface area contributed by atoms with E-state index in [1.54, 1.807) is 0 Å².